The molecule has 0 N–H and O–H groups in total. The molecule has 0 saturated carbocycles. The predicted molar refractivity (Wildman–Crippen MR) is 76.6 cm³/mol. The van der Waals surface area contributed by atoms with Crippen LogP contribution in [-0.4, -0.2) is 60.8 Å². The third-order valence-corrected chi connectivity index (χ3v) is 3.50. The van der Waals surface area contributed by atoms with Gasteiger partial charge in [0, 0.05) is 45.8 Å². The minimum absolute atomic E-state index is 0.807. The monoisotopic (exact) mass is 264 g/mol. The lowest BCUT2D eigenvalue weighted by molar-refractivity contribution is 0.111. The molecule has 0 unspecified atom stereocenters. The van der Waals surface area contributed by atoms with E-state index in [1.165, 1.54) is 0 Å². The number of piperazine rings is 1. The van der Waals surface area contributed by atoms with Gasteiger partial charge >= 0.3 is 0 Å². The maximum Gasteiger partial charge on any atom is 0.128 e. The van der Waals surface area contributed by atoms with E-state index in [2.05, 4.69) is 26.7 Å². The predicted octanol–water partition coefficient (Wildman–Crippen LogP) is 1.20. The van der Waals surface area contributed by atoms with Crippen LogP contribution in [0.25, 0.3) is 0 Å². The number of aryl methyl sites for hydroxylation is 1. The van der Waals surface area contributed by atoms with Crippen molar-refractivity contribution < 1.29 is 4.74 Å². The lowest BCUT2D eigenvalue weighted by Crippen LogP contribution is -2.47. The van der Waals surface area contributed by atoms with E-state index in [4.69, 9.17) is 4.74 Å². The number of hydrogen-bond donors (Lipinski definition) is 0. The quantitative estimate of drug-likeness (QED) is 0.722. The SMILES string of the molecule is CCOCCN1CCN(c2cnc(CC)nc2)CC1. The zero-order valence-electron chi connectivity index (χ0n) is 12.0. The number of ether oxygens (including phenoxy) is 1. The van der Waals surface area contributed by atoms with Crippen LogP contribution in [0.2, 0.25) is 0 Å². The minimum atomic E-state index is 0.807. The fourth-order valence-corrected chi connectivity index (χ4v) is 2.26. The van der Waals surface area contributed by atoms with E-state index in [0.29, 0.717) is 0 Å². The van der Waals surface area contributed by atoms with Crippen molar-refractivity contribution in [1.82, 2.24) is 14.9 Å². The molecule has 2 heterocycles. The molecular weight excluding hydrogens is 240 g/mol. The average molecular weight is 264 g/mol. The smallest absolute Gasteiger partial charge is 0.128 e. The van der Waals surface area contributed by atoms with Crippen LogP contribution < -0.4 is 4.90 Å². The first-order chi connectivity index (χ1) is 9.33. The number of nitrogens with zero attached hydrogens (tertiary/aromatic N) is 4. The number of aromatic nitrogens is 2. The van der Waals surface area contributed by atoms with Gasteiger partial charge in [0.25, 0.3) is 0 Å². The fraction of sp³-hybridized carbons (Fsp3) is 0.714. The van der Waals surface area contributed by atoms with Crippen molar-refractivity contribution in [1.29, 1.82) is 0 Å². The summed E-state index contributed by atoms with van der Waals surface area (Å²) in [5.74, 6) is 0.916. The Bertz CT molecular complexity index is 360. The van der Waals surface area contributed by atoms with E-state index in [1.54, 1.807) is 0 Å². The van der Waals surface area contributed by atoms with Gasteiger partial charge < -0.3 is 9.64 Å². The third-order valence-electron chi connectivity index (χ3n) is 3.50. The molecule has 0 bridgehead atoms. The summed E-state index contributed by atoms with van der Waals surface area (Å²) in [6.45, 7) is 11.1. The highest BCUT2D eigenvalue weighted by molar-refractivity contribution is 5.42. The Hall–Kier alpha value is -1.20. The Kier molecular flexibility index (Phi) is 5.54. The molecular formula is C14H24N4O. The first kappa shape index (κ1) is 14.2. The molecule has 1 aliphatic heterocycles. The van der Waals surface area contributed by atoms with Gasteiger partial charge in [-0.25, -0.2) is 9.97 Å². The lowest BCUT2D eigenvalue weighted by atomic mass is 10.3. The maximum atomic E-state index is 5.40. The molecule has 0 amide bonds. The molecule has 1 aliphatic rings. The molecule has 106 valence electrons. The Morgan fingerprint density at radius 3 is 2.37 bits per heavy atom. The summed E-state index contributed by atoms with van der Waals surface area (Å²) >= 11 is 0. The summed E-state index contributed by atoms with van der Waals surface area (Å²) < 4.78 is 5.40. The zero-order chi connectivity index (χ0) is 13.5. The summed E-state index contributed by atoms with van der Waals surface area (Å²) in [6, 6.07) is 0. The molecule has 1 aromatic rings. The van der Waals surface area contributed by atoms with Crippen molar-refractivity contribution in [3.63, 3.8) is 0 Å². The molecule has 0 atom stereocenters. The number of hydrogen-bond acceptors (Lipinski definition) is 5. The van der Waals surface area contributed by atoms with E-state index in [-0.39, 0.29) is 0 Å². The Morgan fingerprint density at radius 2 is 1.79 bits per heavy atom. The van der Waals surface area contributed by atoms with Crippen molar-refractivity contribution in [2.45, 2.75) is 20.3 Å². The van der Waals surface area contributed by atoms with Crippen molar-refractivity contribution >= 4 is 5.69 Å². The van der Waals surface area contributed by atoms with Gasteiger partial charge in [-0.2, -0.15) is 0 Å². The molecule has 1 saturated heterocycles. The van der Waals surface area contributed by atoms with Crippen molar-refractivity contribution in [2.75, 3.05) is 50.8 Å². The molecule has 0 aromatic carbocycles. The normalized spacial score (nSPS) is 16.8. The van der Waals surface area contributed by atoms with Gasteiger partial charge in [-0.3, -0.25) is 4.90 Å². The van der Waals surface area contributed by atoms with Crippen molar-refractivity contribution in [2.24, 2.45) is 0 Å². The maximum absolute atomic E-state index is 5.40. The highest BCUT2D eigenvalue weighted by Gasteiger charge is 2.17. The third kappa shape index (κ3) is 4.14. The van der Waals surface area contributed by atoms with Crippen LogP contribution in [-0.2, 0) is 11.2 Å². The van der Waals surface area contributed by atoms with Gasteiger partial charge in [0.2, 0.25) is 0 Å². The lowest BCUT2D eigenvalue weighted by Gasteiger charge is -2.35. The van der Waals surface area contributed by atoms with Gasteiger partial charge in [0.05, 0.1) is 24.7 Å². The Labute approximate surface area is 115 Å². The van der Waals surface area contributed by atoms with Crippen LogP contribution in [0.15, 0.2) is 12.4 Å². The summed E-state index contributed by atoms with van der Waals surface area (Å²) in [5.41, 5.74) is 1.14. The highest BCUT2D eigenvalue weighted by Crippen LogP contribution is 2.14. The second kappa shape index (κ2) is 7.40. The van der Waals surface area contributed by atoms with Gasteiger partial charge in [0.15, 0.2) is 0 Å². The topological polar surface area (TPSA) is 41.5 Å². The van der Waals surface area contributed by atoms with Crippen LogP contribution in [0.5, 0.6) is 0 Å². The molecule has 0 radical (unpaired) electrons. The van der Waals surface area contributed by atoms with Gasteiger partial charge in [-0.05, 0) is 6.92 Å². The van der Waals surface area contributed by atoms with Crippen molar-refractivity contribution in [3.05, 3.63) is 18.2 Å². The number of anilines is 1. The Morgan fingerprint density at radius 1 is 1.11 bits per heavy atom. The van der Waals surface area contributed by atoms with E-state index < -0.39 is 0 Å². The summed E-state index contributed by atoms with van der Waals surface area (Å²) in [5, 5.41) is 0. The number of rotatable bonds is 6. The highest BCUT2D eigenvalue weighted by atomic mass is 16.5. The van der Waals surface area contributed by atoms with Crippen molar-refractivity contribution in [3.8, 4) is 0 Å². The largest absolute Gasteiger partial charge is 0.380 e. The summed E-state index contributed by atoms with van der Waals surface area (Å²) in [6.07, 6.45) is 4.79. The van der Waals surface area contributed by atoms with Gasteiger partial charge in [0.1, 0.15) is 5.82 Å². The molecule has 1 aromatic heterocycles. The fourth-order valence-electron chi connectivity index (χ4n) is 2.26. The van der Waals surface area contributed by atoms with Crippen LogP contribution in [0.3, 0.4) is 0 Å². The molecule has 2 rings (SSSR count). The van der Waals surface area contributed by atoms with E-state index in [9.17, 15) is 0 Å². The average Bonchev–Trinajstić information content (AvgIpc) is 2.48. The standard InChI is InChI=1S/C14H24N4O/c1-3-14-15-11-13(12-16-14)18-7-5-17(6-8-18)9-10-19-4-2/h11-12H,3-10H2,1-2H3. The van der Waals surface area contributed by atoms with E-state index >= 15 is 0 Å². The first-order valence-electron chi connectivity index (χ1n) is 7.19. The molecule has 19 heavy (non-hydrogen) atoms. The molecule has 1 fully saturated rings. The minimum Gasteiger partial charge on any atom is -0.380 e. The molecule has 5 nitrogen and oxygen atoms in total. The molecule has 0 spiro atoms. The summed E-state index contributed by atoms with van der Waals surface area (Å²) in [7, 11) is 0. The Balaban J connectivity index is 1.78. The first-order valence-corrected chi connectivity index (χ1v) is 7.19. The van der Waals surface area contributed by atoms with E-state index in [1.807, 2.05) is 19.3 Å². The second-order valence-electron chi connectivity index (χ2n) is 4.74. The van der Waals surface area contributed by atoms with Crippen LogP contribution in [0, 0.1) is 0 Å². The van der Waals surface area contributed by atoms with Gasteiger partial charge in [-0.15, -0.1) is 0 Å². The van der Waals surface area contributed by atoms with Crippen LogP contribution in [0.4, 0.5) is 5.69 Å². The molecule has 0 aliphatic carbocycles. The van der Waals surface area contributed by atoms with Crippen LogP contribution >= 0.6 is 0 Å². The van der Waals surface area contributed by atoms with Gasteiger partial charge in [-0.1, -0.05) is 6.92 Å². The van der Waals surface area contributed by atoms with Crippen LogP contribution in [0.1, 0.15) is 19.7 Å². The molecule has 5 heteroatoms. The zero-order valence-corrected chi connectivity index (χ0v) is 12.0. The van der Waals surface area contributed by atoms with E-state index in [0.717, 1.165) is 63.9 Å². The summed E-state index contributed by atoms with van der Waals surface area (Å²) in [4.78, 5) is 13.5. The second-order valence-corrected chi connectivity index (χ2v) is 4.74.